The van der Waals surface area contributed by atoms with Crippen LogP contribution in [0, 0.1) is 0 Å². The first-order valence-corrected chi connectivity index (χ1v) is 9.27. The van der Waals surface area contributed by atoms with Gasteiger partial charge in [-0.1, -0.05) is 0 Å². The number of aromatic nitrogens is 3. The minimum absolute atomic E-state index is 0.119. The van der Waals surface area contributed by atoms with Crippen LogP contribution in [0.25, 0.3) is 0 Å². The smallest absolute Gasteiger partial charge is 0.351 e. The van der Waals surface area contributed by atoms with Crippen LogP contribution in [-0.2, 0) is 28.5 Å². The van der Waals surface area contributed by atoms with Crippen LogP contribution in [0.1, 0.15) is 16.6 Å². The van der Waals surface area contributed by atoms with Gasteiger partial charge in [-0.25, -0.2) is 19.2 Å². The molecule has 2 unspecified atom stereocenters. The highest BCUT2D eigenvalue weighted by Crippen LogP contribution is 2.34. The highest BCUT2D eigenvalue weighted by Gasteiger charge is 2.51. The van der Waals surface area contributed by atoms with Crippen molar-refractivity contribution >= 4 is 23.7 Å². The lowest BCUT2D eigenvalue weighted by Gasteiger charge is -2.25. The summed E-state index contributed by atoms with van der Waals surface area (Å²) in [4.78, 5) is 56.1. The van der Waals surface area contributed by atoms with Gasteiger partial charge in [0.25, 0.3) is 0 Å². The highest BCUT2D eigenvalue weighted by molar-refractivity contribution is 5.92. The summed E-state index contributed by atoms with van der Waals surface area (Å²) in [5, 5.41) is 8.92. The van der Waals surface area contributed by atoms with E-state index in [9.17, 15) is 19.2 Å². The summed E-state index contributed by atoms with van der Waals surface area (Å²) < 4.78 is 22.7. The van der Waals surface area contributed by atoms with Crippen molar-refractivity contribution in [2.75, 3.05) is 12.1 Å². The van der Waals surface area contributed by atoms with Crippen molar-refractivity contribution in [2.24, 2.45) is 0 Å². The molecule has 2 N–H and O–H groups in total. The number of nitrogens with zero attached hydrogens (tertiary/aromatic N) is 3. The number of hydrogen-bond acceptors (Lipinski definition) is 12. The first-order valence-electron chi connectivity index (χ1n) is 9.27. The van der Waals surface area contributed by atoms with E-state index in [-0.39, 0.29) is 18.0 Å². The average Bonchev–Trinajstić information content (AvgIpc) is 3.11. The standard InChI is InChI=1S/C19H16N4O9/c24-13-3-4-14(25)32-16-15(31-13)11(9-29-18(26)10-2-1-6-20-8-10)30-17(16)23-7-5-12(22-28)21-19(23)27/h1-8,11,15-17,28H,9H2,(H,21,22,27)/b4-3-/t11?,15?,16-,17+/m0/s1. The molecule has 4 rings (SSSR count). The molecule has 1 saturated heterocycles. The minimum Gasteiger partial charge on any atom is -0.459 e. The Morgan fingerprint density at radius 1 is 1.16 bits per heavy atom. The largest absolute Gasteiger partial charge is 0.459 e. The van der Waals surface area contributed by atoms with Gasteiger partial charge in [-0.15, -0.1) is 0 Å². The number of esters is 3. The van der Waals surface area contributed by atoms with Crippen LogP contribution in [0.15, 0.2) is 53.7 Å². The average molecular weight is 444 g/mol. The Hall–Kier alpha value is -4.10. The molecule has 166 valence electrons. The van der Waals surface area contributed by atoms with Gasteiger partial charge in [0.15, 0.2) is 24.3 Å². The zero-order valence-electron chi connectivity index (χ0n) is 16.2. The molecule has 0 aromatic carbocycles. The van der Waals surface area contributed by atoms with E-state index in [4.69, 9.17) is 24.2 Å². The summed E-state index contributed by atoms with van der Waals surface area (Å²) in [6.07, 6.45) is 1.06. The number of nitrogens with one attached hydrogen (secondary N) is 1. The Labute approximate surface area is 179 Å². The molecule has 1 fully saturated rings. The van der Waals surface area contributed by atoms with Crippen LogP contribution < -0.4 is 11.2 Å². The lowest BCUT2D eigenvalue weighted by atomic mass is 10.1. The maximum absolute atomic E-state index is 12.4. The summed E-state index contributed by atoms with van der Waals surface area (Å²) in [7, 11) is 0. The number of hydrogen-bond donors (Lipinski definition) is 2. The van der Waals surface area contributed by atoms with Gasteiger partial charge in [-0.3, -0.25) is 20.2 Å². The molecule has 2 aliphatic rings. The van der Waals surface area contributed by atoms with E-state index < -0.39 is 48.1 Å². The number of anilines is 1. The molecule has 2 aromatic rings. The highest BCUT2D eigenvalue weighted by atomic mass is 16.7. The summed E-state index contributed by atoms with van der Waals surface area (Å²) in [5.74, 6) is -2.51. The molecule has 13 heteroatoms. The lowest BCUT2D eigenvalue weighted by molar-refractivity contribution is -0.164. The number of rotatable bonds is 5. The first-order chi connectivity index (χ1) is 15.5. The summed E-state index contributed by atoms with van der Waals surface area (Å²) in [6, 6.07) is 4.33. The molecule has 2 aromatic heterocycles. The van der Waals surface area contributed by atoms with Gasteiger partial charge in [0.05, 0.1) is 5.56 Å². The summed E-state index contributed by atoms with van der Waals surface area (Å²) in [5.41, 5.74) is 1.08. The molecule has 32 heavy (non-hydrogen) atoms. The van der Waals surface area contributed by atoms with Gasteiger partial charge >= 0.3 is 23.6 Å². The van der Waals surface area contributed by atoms with E-state index in [1.54, 1.807) is 11.5 Å². The number of ether oxygens (including phenoxy) is 4. The van der Waals surface area contributed by atoms with Crippen LogP contribution >= 0.6 is 0 Å². The van der Waals surface area contributed by atoms with Crippen LogP contribution in [0.5, 0.6) is 0 Å². The maximum Gasteiger partial charge on any atom is 0.351 e. The van der Waals surface area contributed by atoms with Gasteiger partial charge in [0.1, 0.15) is 12.7 Å². The fourth-order valence-corrected chi connectivity index (χ4v) is 3.21. The number of pyridine rings is 1. The van der Waals surface area contributed by atoms with Crippen molar-refractivity contribution in [1.29, 1.82) is 0 Å². The minimum atomic E-state index is -1.25. The van der Waals surface area contributed by atoms with Crippen molar-refractivity contribution in [3.8, 4) is 0 Å². The second-order valence-electron chi connectivity index (χ2n) is 6.66. The van der Waals surface area contributed by atoms with Crippen LogP contribution in [0.3, 0.4) is 0 Å². The molecule has 13 nitrogen and oxygen atoms in total. The van der Waals surface area contributed by atoms with Crippen LogP contribution in [-0.4, -0.2) is 62.6 Å². The molecule has 0 amide bonds. The molecule has 0 aliphatic carbocycles. The lowest BCUT2D eigenvalue weighted by Crippen LogP contribution is -2.43. The molecule has 4 atom stereocenters. The third-order valence-electron chi connectivity index (χ3n) is 4.64. The maximum atomic E-state index is 12.4. The summed E-state index contributed by atoms with van der Waals surface area (Å²) >= 11 is 0. The molecule has 0 spiro atoms. The molecule has 0 bridgehead atoms. The summed E-state index contributed by atoms with van der Waals surface area (Å²) in [6.45, 7) is -0.377. The van der Waals surface area contributed by atoms with Gasteiger partial charge in [-0.2, -0.15) is 4.98 Å². The first kappa shape index (κ1) is 21.1. The van der Waals surface area contributed by atoms with Crippen LogP contribution in [0.2, 0.25) is 0 Å². The molecular weight excluding hydrogens is 428 g/mol. The quantitative estimate of drug-likeness (QED) is 0.348. The Balaban J connectivity index is 1.61. The second-order valence-corrected chi connectivity index (χ2v) is 6.66. The third kappa shape index (κ3) is 4.33. The SMILES string of the molecule is O=C1/C=C\C(=O)O[C@H]2C(O1)C(COC(=O)c1cccnc1)O[C@H]2n1ccc(NO)nc1=O. The van der Waals surface area contributed by atoms with Gasteiger partial charge in [-0.05, 0) is 18.2 Å². The number of fused-ring (bicyclic) bond motifs is 1. The van der Waals surface area contributed by atoms with Crippen LogP contribution in [0.4, 0.5) is 5.82 Å². The third-order valence-corrected chi connectivity index (χ3v) is 4.64. The molecular formula is C19H16N4O9. The molecule has 0 radical (unpaired) electrons. The fourth-order valence-electron chi connectivity index (χ4n) is 3.21. The van der Waals surface area contributed by atoms with E-state index in [0.29, 0.717) is 0 Å². The molecule has 0 saturated carbocycles. The molecule has 4 heterocycles. The zero-order chi connectivity index (χ0) is 22.7. The van der Waals surface area contributed by atoms with Crippen molar-refractivity contribution in [3.63, 3.8) is 0 Å². The topological polar surface area (TPSA) is 168 Å². The van der Waals surface area contributed by atoms with Gasteiger partial charge in [0, 0.05) is 30.7 Å². The monoisotopic (exact) mass is 444 g/mol. The van der Waals surface area contributed by atoms with Crippen molar-refractivity contribution in [3.05, 3.63) is 65.0 Å². The van der Waals surface area contributed by atoms with Crippen molar-refractivity contribution < 1.29 is 38.5 Å². The molecule has 2 aliphatic heterocycles. The predicted molar refractivity (Wildman–Crippen MR) is 101 cm³/mol. The number of carbonyl (C=O) groups excluding carboxylic acids is 3. The van der Waals surface area contributed by atoms with E-state index in [0.717, 1.165) is 16.7 Å². The second kappa shape index (κ2) is 8.95. The van der Waals surface area contributed by atoms with Gasteiger partial charge in [0.2, 0.25) is 0 Å². The normalized spacial score (nSPS) is 25.5. The van der Waals surface area contributed by atoms with E-state index >= 15 is 0 Å². The Bertz CT molecular complexity index is 1120. The van der Waals surface area contributed by atoms with E-state index in [1.165, 1.54) is 30.7 Å². The predicted octanol–water partition coefficient (Wildman–Crippen LogP) is -0.413. The van der Waals surface area contributed by atoms with E-state index in [1.807, 2.05) is 0 Å². The Kier molecular flexibility index (Phi) is 5.91. The zero-order valence-corrected chi connectivity index (χ0v) is 16.2. The van der Waals surface area contributed by atoms with Gasteiger partial charge < -0.3 is 18.9 Å². The van der Waals surface area contributed by atoms with Crippen molar-refractivity contribution in [1.82, 2.24) is 14.5 Å². The Morgan fingerprint density at radius 3 is 2.56 bits per heavy atom. The number of carbonyl (C=O) groups is 3. The van der Waals surface area contributed by atoms with Crippen molar-refractivity contribution in [2.45, 2.75) is 24.5 Å². The fraction of sp³-hybridized carbons (Fsp3) is 0.263. The Morgan fingerprint density at radius 2 is 1.91 bits per heavy atom. The van der Waals surface area contributed by atoms with E-state index in [2.05, 4.69) is 9.97 Å².